The average Bonchev–Trinajstić information content (AvgIpc) is 3.03. The van der Waals surface area contributed by atoms with Gasteiger partial charge >= 0.3 is 12.0 Å². The Balaban J connectivity index is 1.33. The number of rotatable bonds is 16. The van der Waals surface area contributed by atoms with Crippen LogP contribution >= 0.6 is 0 Å². The fourth-order valence-electron chi connectivity index (χ4n) is 4.50. The zero-order chi connectivity index (χ0) is 31.1. The molecule has 8 nitrogen and oxygen atoms in total. The molecule has 0 spiro atoms. The first-order valence-electron chi connectivity index (χ1n) is 14.6. The van der Waals surface area contributed by atoms with Crippen LogP contribution in [-0.2, 0) is 22.4 Å². The topological polar surface area (TPSA) is 97.3 Å². The first-order chi connectivity index (χ1) is 21.4. The van der Waals surface area contributed by atoms with Gasteiger partial charge in [-0.1, -0.05) is 42.5 Å². The van der Waals surface area contributed by atoms with Crippen LogP contribution in [0, 0.1) is 5.82 Å². The number of aryl methyl sites for hydroxylation is 1. The van der Waals surface area contributed by atoms with Gasteiger partial charge in [-0.05, 0) is 91.6 Å². The summed E-state index contributed by atoms with van der Waals surface area (Å²) in [6, 6.07) is 29.9. The van der Waals surface area contributed by atoms with Crippen LogP contribution in [0.3, 0.4) is 0 Å². The molecule has 44 heavy (non-hydrogen) atoms. The van der Waals surface area contributed by atoms with Gasteiger partial charge < -0.3 is 29.5 Å². The molecule has 0 heterocycles. The maximum atomic E-state index is 13.3. The van der Waals surface area contributed by atoms with Crippen LogP contribution in [0.2, 0.25) is 0 Å². The predicted octanol–water partition coefficient (Wildman–Crippen LogP) is 7.20. The highest BCUT2D eigenvalue weighted by Crippen LogP contribution is 2.23. The number of carboxylic acid groups (broad SMARTS) is 1. The van der Waals surface area contributed by atoms with Gasteiger partial charge in [-0.15, -0.1) is 0 Å². The molecule has 1 atom stereocenters. The standard InChI is InChI=1S/C35H37FN2O6/c1-2-42-33(34(39)40)25-27-12-18-30(19-13-27)43-24-23-38(22-6-7-26-10-14-28(36)15-11-26)35(41)37-29-16-20-32(21-17-29)44-31-8-4-3-5-9-31/h3-5,8-21,33H,2,6-7,22-25H2,1H3,(H,37,41)(H,39,40). The molecule has 0 aliphatic carbocycles. The predicted molar refractivity (Wildman–Crippen MR) is 167 cm³/mol. The molecule has 230 valence electrons. The Morgan fingerprint density at radius 1 is 0.818 bits per heavy atom. The number of ether oxygens (including phenoxy) is 3. The van der Waals surface area contributed by atoms with Crippen molar-refractivity contribution in [2.45, 2.75) is 32.3 Å². The van der Waals surface area contributed by atoms with Gasteiger partial charge in [0.15, 0.2) is 6.10 Å². The number of anilines is 1. The number of nitrogens with zero attached hydrogens (tertiary/aromatic N) is 1. The number of amides is 2. The Kier molecular flexibility index (Phi) is 12.1. The molecule has 0 radical (unpaired) electrons. The van der Waals surface area contributed by atoms with E-state index in [1.807, 2.05) is 42.5 Å². The van der Waals surface area contributed by atoms with Gasteiger partial charge in [0.05, 0.1) is 6.54 Å². The molecule has 0 aliphatic rings. The second kappa shape index (κ2) is 16.7. The maximum Gasteiger partial charge on any atom is 0.333 e. The van der Waals surface area contributed by atoms with Crippen molar-refractivity contribution in [1.82, 2.24) is 4.90 Å². The lowest BCUT2D eigenvalue weighted by atomic mass is 10.1. The second-order valence-electron chi connectivity index (χ2n) is 10.1. The Morgan fingerprint density at radius 2 is 1.45 bits per heavy atom. The fraction of sp³-hybridized carbons (Fsp3) is 0.257. The van der Waals surface area contributed by atoms with Crippen molar-refractivity contribution in [2.75, 3.05) is 31.6 Å². The molecule has 0 aliphatic heterocycles. The summed E-state index contributed by atoms with van der Waals surface area (Å²) < 4.78 is 30.3. The van der Waals surface area contributed by atoms with Crippen LogP contribution < -0.4 is 14.8 Å². The van der Waals surface area contributed by atoms with Crippen LogP contribution in [0.1, 0.15) is 24.5 Å². The van der Waals surface area contributed by atoms with Crippen molar-refractivity contribution in [1.29, 1.82) is 0 Å². The molecule has 2 amide bonds. The van der Waals surface area contributed by atoms with Crippen LogP contribution in [0.25, 0.3) is 0 Å². The van der Waals surface area contributed by atoms with E-state index >= 15 is 0 Å². The molecule has 9 heteroatoms. The molecule has 0 fully saturated rings. The summed E-state index contributed by atoms with van der Waals surface area (Å²) in [6.07, 6.45) is 0.727. The van der Waals surface area contributed by atoms with Crippen molar-refractivity contribution < 1.29 is 33.3 Å². The smallest absolute Gasteiger partial charge is 0.333 e. The van der Waals surface area contributed by atoms with E-state index in [0.717, 1.165) is 16.9 Å². The number of carbonyl (C=O) groups is 2. The van der Waals surface area contributed by atoms with Crippen molar-refractivity contribution >= 4 is 17.7 Å². The lowest BCUT2D eigenvalue weighted by molar-refractivity contribution is -0.149. The molecule has 1 unspecified atom stereocenters. The second-order valence-corrected chi connectivity index (χ2v) is 10.1. The summed E-state index contributed by atoms with van der Waals surface area (Å²) in [6.45, 7) is 3.13. The molecular weight excluding hydrogens is 563 g/mol. The van der Waals surface area contributed by atoms with Crippen molar-refractivity contribution in [3.63, 3.8) is 0 Å². The number of halogens is 1. The quantitative estimate of drug-likeness (QED) is 0.141. The van der Waals surface area contributed by atoms with E-state index < -0.39 is 12.1 Å². The SMILES string of the molecule is CCOC(Cc1ccc(OCCN(CCCc2ccc(F)cc2)C(=O)Nc2ccc(Oc3ccccc3)cc2)cc1)C(=O)O. The van der Waals surface area contributed by atoms with E-state index in [2.05, 4.69) is 5.32 Å². The summed E-state index contributed by atoms with van der Waals surface area (Å²) in [5.74, 6) is 0.706. The fourth-order valence-corrected chi connectivity index (χ4v) is 4.50. The van der Waals surface area contributed by atoms with E-state index in [-0.39, 0.29) is 24.9 Å². The number of aliphatic carboxylic acids is 1. The van der Waals surface area contributed by atoms with E-state index in [1.165, 1.54) is 12.1 Å². The van der Waals surface area contributed by atoms with Crippen LogP contribution in [0.4, 0.5) is 14.9 Å². The summed E-state index contributed by atoms with van der Waals surface area (Å²) in [7, 11) is 0. The molecule has 4 rings (SSSR count). The first kappa shape index (κ1) is 32.0. The molecule has 0 saturated heterocycles. The third-order valence-electron chi connectivity index (χ3n) is 6.80. The van der Waals surface area contributed by atoms with E-state index in [0.29, 0.717) is 49.7 Å². The monoisotopic (exact) mass is 600 g/mol. The lowest BCUT2D eigenvalue weighted by Crippen LogP contribution is -2.38. The van der Waals surface area contributed by atoms with Gasteiger partial charge in [0, 0.05) is 25.3 Å². The first-order valence-corrected chi connectivity index (χ1v) is 14.6. The number of carbonyl (C=O) groups excluding carboxylic acids is 1. The third-order valence-corrected chi connectivity index (χ3v) is 6.80. The minimum absolute atomic E-state index is 0.254. The Morgan fingerprint density at radius 3 is 2.11 bits per heavy atom. The number of nitrogens with one attached hydrogen (secondary N) is 1. The number of hydrogen-bond acceptors (Lipinski definition) is 5. The minimum Gasteiger partial charge on any atom is -0.492 e. The van der Waals surface area contributed by atoms with Crippen LogP contribution in [0.5, 0.6) is 17.2 Å². The Labute approximate surface area is 257 Å². The summed E-state index contributed by atoms with van der Waals surface area (Å²) in [4.78, 5) is 26.4. The van der Waals surface area contributed by atoms with E-state index in [4.69, 9.17) is 14.2 Å². The summed E-state index contributed by atoms with van der Waals surface area (Å²) in [5.41, 5.74) is 2.44. The van der Waals surface area contributed by atoms with Gasteiger partial charge in [-0.3, -0.25) is 0 Å². The number of benzene rings is 4. The molecule has 0 saturated carbocycles. The van der Waals surface area contributed by atoms with Gasteiger partial charge in [0.2, 0.25) is 0 Å². The highest BCUT2D eigenvalue weighted by molar-refractivity contribution is 5.89. The molecule has 4 aromatic carbocycles. The maximum absolute atomic E-state index is 13.3. The van der Waals surface area contributed by atoms with Crippen molar-refractivity contribution in [3.05, 3.63) is 120 Å². The molecule has 2 N–H and O–H groups in total. The zero-order valence-corrected chi connectivity index (χ0v) is 24.7. The van der Waals surface area contributed by atoms with E-state index in [1.54, 1.807) is 60.4 Å². The molecule has 0 bridgehead atoms. The highest BCUT2D eigenvalue weighted by atomic mass is 19.1. The van der Waals surface area contributed by atoms with Gasteiger partial charge in [-0.25, -0.2) is 14.0 Å². The summed E-state index contributed by atoms with van der Waals surface area (Å²) in [5, 5.41) is 12.3. The lowest BCUT2D eigenvalue weighted by Gasteiger charge is -2.23. The number of urea groups is 1. The highest BCUT2D eigenvalue weighted by Gasteiger charge is 2.18. The van der Waals surface area contributed by atoms with Crippen LogP contribution in [0.15, 0.2) is 103 Å². The molecule has 0 aromatic heterocycles. The number of carboxylic acids is 1. The summed E-state index contributed by atoms with van der Waals surface area (Å²) >= 11 is 0. The Hall–Kier alpha value is -4.89. The van der Waals surface area contributed by atoms with Gasteiger partial charge in [0.25, 0.3) is 0 Å². The largest absolute Gasteiger partial charge is 0.492 e. The van der Waals surface area contributed by atoms with E-state index in [9.17, 15) is 19.1 Å². The number of hydrogen-bond donors (Lipinski definition) is 2. The zero-order valence-electron chi connectivity index (χ0n) is 24.7. The Bertz CT molecular complexity index is 1450. The van der Waals surface area contributed by atoms with Crippen LogP contribution in [-0.4, -0.2) is 54.4 Å². The van der Waals surface area contributed by atoms with Gasteiger partial charge in [0.1, 0.15) is 29.7 Å². The average molecular weight is 601 g/mol. The minimum atomic E-state index is -0.999. The molecular formula is C35H37FN2O6. The molecule has 4 aromatic rings. The normalized spacial score (nSPS) is 11.4. The van der Waals surface area contributed by atoms with Gasteiger partial charge in [-0.2, -0.15) is 0 Å². The van der Waals surface area contributed by atoms with Crippen molar-refractivity contribution in [2.24, 2.45) is 0 Å². The number of para-hydroxylation sites is 1. The third kappa shape index (κ3) is 10.4. The van der Waals surface area contributed by atoms with Crippen molar-refractivity contribution in [3.8, 4) is 17.2 Å².